The number of benzene rings is 1. The lowest BCUT2D eigenvalue weighted by Gasteiger charge is -2.40. The average molecular weight is 341 g/mol. The Hall–Kier alpha value is -2.27. The quantitative estimate of drug-likeness (QED) is 0.839. The van der Waals surface area contributed by atoms with Crippen LogP contribution in [0.15, 0.2) is 48.8 Å². The van der Waals surface area contributed by atoms with Crippen molar-refractivity contribution >= 4 is 5.91 Å². The zero-order valence-corrected chi connectivity index (χ0v) is 14.6. The molecule has 25 heavy (non-hydrogen) atoms. The van der Waals surface area contributed by atoms with Gasteiger partial charge in [-0.15, -0.1) is 0 Å². The second-order valence-corrected chi connectivity index (χ2v) is 6.57. The van der Waals surface area contributed by atoms with E-state index < -0.39 is 0 Å². The van der Waals surface area contributed by atoms with Crippen molar-refractivity contribution in [1.82, 2.24) is 14.8 Å². The molecule has 1 atom stereocenters. The van der Waals surface area contributed by atoms with Crippen molar-refractivity contribution in [3.8, 4) is 0 Å². The third-order valence-electron chi connectivity index (χ3n) is 4.84. The van der Waals surface area contributed by atoms with Crippen LogP contribution in [0.1, 0.15) is 30.0 Å². The molecule has 1 aliphatic heterocycles. The van der Waals surface area contributed by atoms with Crippen molar-refractivity contribution < 1.29 is 9.18 Å². The van der Waals surface area contributed by atoms with E-state index in [9.17, 15) is 9.18 Å². The first-order chi connectivity index (χ1) is 12.1. The number of piperazine rings is 1. The zero-order chi connectivity index (χ0) is 17.6. The van der Waals surface area contributed by atoms with Gasteiger partial charge in [0.2, 0.25) is 5.91 Å². The highest BCUT2D eigenvalue weighted by molar-refractivity contribution is 5.76. The number of pyridine rings is 1. The van der Waals surface area contributed by atoms with Gasteiger partial charge in [0.1, 0.15) is 5.82 Å². The molecule has 2 heterocycles. The predicted molar refractivity (Wildman–Crippen MR) is 95.5 cm³/mol. The summed E-state index contributed by atoms with van der Waals surface area (Å²) in [4.78, 5) is 20.6. The molecule has 0 aliphatic carbocycles. The minimum absolute atomic E-state index is 0.0859. The van der Waals surface area contributed by atoms with Gasteiger partial charge in [0.15, 0.2) is 0 Å². The summed E-state index contributed by atoms with van der Waals surface area (Å²) in [5.41, 5.74) is 1.82. The molecular weight excluding hydrogens is 317 g/mol. The highest BCUT2D eigenvalue weighted by Crippen LogP contribution is 2.26. The molecule has 0 bridgehead atoms. The lowest BCUT2D eigenvalue weighted by Crippen LogP contribution is -2.49. The van der Waals surface area contributed by atoms with Crippen LogP contribution in [0.3, 0.4) is 0 Å². The summed E-state index contributed by atoms with van der Waals surface area (Å²) in [6, 6.07) is 10.7. The molecule has 1 fully saturated rings. The Morgan fingerprint density at radius 1 is 1.24 bits per heavy atom. The molecule has 0 N–H and O–H groups in total. The number of halogens is 1. The van der Waals surface area contributed by atoms with Gasteiger partial charge in [-0.25, -0.2) is 4.39 Å². The fourth-order valence-electron chi connectivity index (χ4n) is 3.33. The predicted octanol–water partition coefficient (Wildman–Crippen LogP) is 3.06. The largest absolute Gasteiger partial charge is 0.339 e. The van der Waals surface area contributed by atoms with Gasteiger partial charge in [-0.05, 0) is 37.6 Å². The van der Waals surface area contributed by atoms with E-state index in [1.54, 1.807) is 12.3 Å². The molecule has 0 saturated carbocycles. The normalized spacial score (nSPS) is 18.3. The van der Waals surface area contributed by atoms with Crippen LogP contribution in [0.2, 0.25) is 0 Å². The summed E-state index contributed by atoms with van der Waals surface area (Å²) in [5, 5.41) is 0. The zero-order valence-electron chi connectivity index (χ0n) is 14.6. The van der Waals surface area contributed by atoms with Gasteiger partial charge in [-0.2, -0.15) is 0 Å². The summed E-state index contributed by atoms with van der Waals surface area (Å²) < 4.78 is 14.1. The van der Waals surface area contributed by atoms with Crippen LogP contribution in [0.5, 0.6) is 0 Å². The van der Waals surface area contributed by atoms with Gasteiger partial charge in [-0.1, -0.05) is 24.3 Å². The van der Waals surface area contributed by atoms with E-state index in [2.05, 4.69) is 9.88 Å². The monoisotopic (exact) mass is 341 g/mol. The third kappa shape index (κ3) is 4.42. The van der Waals surface area contributed by atoms with E-state index in [1.165, 1.54) is 6.07 Å². The smallest absolute Gasteiger partial charge is 0.222 e. The molecule has 2 aromatic rings. The second kappa shape index (κ2) is 8.21. The van der Waals surface area contributed by atoms with E-state index in [-0.39, 0.29) is 17.8 Å². The highest BCUT2D eigenvalue weighted by atomic mass is 19.1. The minimum atomic E-state index is -0.203. The van der Waals surface area contributed by atoms with Crippen molar-refractivity contribution in [3.63, 3.8) is 0 Å². The summed E-state index contributed by atoms with van der Waals surface area (Å²) in [6.07, 6.45) is 5.77. The molecule has 5 heteroatoms. The Balaban J connectivity index is 1.57. The molecule has 3 rings (SSSR count). The van der Waals surface area contributed by atoms with Gasteiger partial charge in [-0.3, -0.25) is 14.7 Å². The Morgan fingerprint density at radius 2 is 2.08 bits per heavy atom. The number of hydrogen-bond acceptors (Lipinski definition) is 3. The van der Waals surface area contributed by atoms with Crippen molar-refractivity contribution in [2.75, 3.05) is 26.7 Å². The molecular formula is C20H24FN3O. The Kier molecular flexibility index (Phi) is 5.76. The van der Waals surface area contributed by atoms with Crippen LogP contribution in [-0.2, 0) is 11.2 Å². The topological polar surface area (TPSA) is 36.4 Å². The molecule has 1 amide bonds. The third-order valence-corrected chi connectivity index (χ3v) is 4.84. The SMILES string of the molecule is CN1CCN(C(=O)CCCc2cccnc2)CC1c1ccccc1F. The van der Waals surface area contributed by atoms with E-state index in [0.717, 1.165) is 24.9 Å². The summed E-state index contributed by atoms with van der Waals surface area (Å²) in [7, 11) is 1.99. The molecule has 0 radical (unpaired) electrons. The van der Waals surface area contributed by atoms with Gasteiger partial charge < -0.3 is 4.90 Å². The van der Waals surface area contributed by atoms with Crippen LogP contribution in [-0.4, -0.2) is 47.4 Å². The van der Waals surface area contributed by atoms with Gasteiger partial charge in [0.25, 0.3) is 0 Å². The molecule has 1 saturated heterocycles. The summed E-state index contributed by atoms with van der Waals surface area (Å²) in [5.74, 6) is -0.0523. The number of likely N-dealkylation sites (N-methyl/N-ethyl adjacent to an activating group) is 1. The Morgan fingerprint density at radius 3 is 2.84 bits per heavy atom. The molecule has 1 aromatic heterocycles. The Labute approximate surface area is 148 Å². The number of aryl methyl sites for hydroxylation is 1. The first-order valence-corrected chi connectivity index (χ1v) is 8.76. The molecule has 1 aliphatic rings. The maximum Gasteiger partial charge on any atom is 0.222 e. The minimum Gasteiger partial charge on any atom is -0.339 e. The molecule has 0 spiro atoms. The van der Waals surface area contributed by atoms with Crippen molar-refractivity contribution in [2.24, 2.45) is 0 Å². The fraction of sp³-hybridized carbons (Fsp3) is 0.400. The van der Waals surface area contributed by atoms with Crippen LogP contribution >= 0.6 is 0 Å². The maximum atomic E-state index is 14.1. The number of amides is 1. The molecule has 1 unspecified atom stereocenters. The molecule has 132 valence electrons. The van der Waals surface area contributed by atoms with Gasteiger partial charge >= 0.3 is 0 Å². The second-order valence-electron chi connectivity index (χ2n) is 6.57. The number of nitrogens with zero attached hydrogens (tertiary/aromatic N) is 3. The highest BCUT2D eigenvalue weighted by Gasteiger charge is 2.29. The number of hydrogen-bond donors (Lipinski definition) is 0. The number of aromatic nitrogens is 1. The first kappa shape index (κ1) is 17.5. The lowest BCUT2D eigenvalue weighted by molar-refractivity contribution is -0.134. The fourth-order valence-corrected chi connectivity index (χ4v) is 3.33. The molecule has 1 aromatic carbocycles. The first-order valence-electron chi connectivity index (χ1n) is 8.76. The molecule has 4 nitrogen and oxygen atoms in total. The van der Waals surface area contributed by atoms with Crippen LogP contribution in [0.4, 0.5) is 4.39 Å². The van der Waals surface area contributed by atoms with Crippen molar-refractivity contribution in [3.05, 3.63) is 65.7 Å². The number of carbonyl (C=O) groups is 1. The van der Waals surface area contributed by atoms with E-state index in [1.807, 2.05) is 42.4 Å². The van der Waals surface area contributed by atoms with Gasteiger partial charge in [0, 0.05) is 44.0 Å². The van der Waals surface area contributed by atoms with E-state index >= 15 is 0 Å². The standard InChI is InChI=1S/C20H24FN3O/c1-23-12-13-24(15-19(23)17-8-2-3-9-18(17)21)20(25)10-4-6-16-7-5-11-22-14-16/h2-3,5,7-9,11,14,19H,4,6,10,12-13,15H2,1H3. The Bertz CT molecular complexity index is 707. The number of rotatable bonds is 5. The van der Waals surface area contributed by atoms with Crippen molar-refractivity contribution in [2.45, 2.75) is 25.3 Å². The summed E-state index contributed by atoms with van der Waals surface area (Å²) >= 11 is 0. The van der Waals surface area contributed by atoms with Crippen LogP contribution in [0, 0.1) is 5.82 Å². The number of carbonyl (C=O) groups excluding carboxylic acids is 1. The lowest BCUT2D eigenvalue weighted by atomic mass is 10.0. The maximum absolute atomic E-state index is 14.1. The summed E-state index contributed by atoms with van der Waals surface area (Å²) in [6.45, 7) is 2.00. The van der Waals surface area contributed by atoms with Crippen molar-refractivity contribution in [1.29, 1.82) is 0 Å². The van der Waals surface area contributed by atoms with Crippen LogP contribution < -0.4 is 0 Å². The van der Waals surface area contributed by atoms with Gasteiger partial charge in [0.05, 0.1) is 6.04 Å². The van der Waals surface area contributed by atoms with E-state index in [0.29, 0.717) is 25.1 Å². The average Bonchev–Trinajstić information content (AvgIpc) is 2.63. The van der Waals surface area contributed by atoms with Crippen LogP contribution in [0.25, 0.3) is 0 Å². The van der Waals surface area contributed by atoms with E-state index in [4.69, 9.17) is 0 Å².